The number of benzene rings is 1. The van der Waals surface area contributed by atoms with Crippen LogP contribution in [0.5, 0.6) is 0 Å². The molecule has 0 saturated carbocycles. The van der Waals surface area contributed by atoms with Crippen LogP contribution in [0.25, 0.3) is 0 Å². The van der Waals surface area contributed by atoms with Crippen LogP contribution in [0.15, 0.2) is 23.1 Å². The maximum atomic E-state index is 12.8. The van der Waals surface area contributed by atoms with Crippen molar-refractivity contribution in [2.24, 2.45) is 11.8 Å². The lowest BCUT2D eigenvalue weighted by molar-refractivity contribution is -0.143. The van der Waals surface area contributed by atoms with Gasteiger partial charge in [0.25, 0.3) is 5.91 Å². The molecule has 0 aliphatic carbocycles. The normalized spacial score (nSPS) is 22.0. The van der Waals surface area contributed by atoms with E-state index in [1.54, 1.807) is 13.0 Å². The van der Waals surface area contributed by atoms with Gasteiger partial charge in [-0.05, 0) is 37.0 Å². The molecule has 1 N–H and O–H groups in total. The Morgan fingerprint density at radius 2 is 1.91 bits per heavy atom. The van der Waals surface area contributed by atoms with Gasteiger partial charge in [-0.1, -0.05) is 13.0 Å². The summed E-state index contributed by atoms with van der Waals surface area (Å²) < 4.78 is 23.4. The SMILES string of the molecule is Cc1ccc(S(C)(=O)=O)cc1C(=O)N1CC(C)CC(C(=O)O)C1. The second kappa shape index (κ2) is 6.31. The minimum atomic E-state index is -3.41. The summed E-state index contributed by atoms with van der Waals surface area (Å²) in [6.07, 6.45) is 1.64. The summed E-state index contributed by atoms with van der Waals surface area (Å²) in [5, 5.41) is 9.21. The van der Waals surface area contributed by atoms with Crippen LogP contribution in [-0.2, 0) is 14.6 Å². The number of hydrogen-bond donors (Lipinski definition) is 1. The fourth-order valence-electron chi connectivity index (χ4n) is 2.93. The van der Waals surface area contributed by atoms with E-state index in [1.165, 1.54) is 17.0 Å². The molecule has 1 saturated heterocycles. The summed E-state index contributed by atoms with van der Waals surface area (Å²) in [5.74, 6) is -1.71. The average molecular weight is 339 g/mol. The lowest BCUT2D eigenvalue weighted by Gasteiger charge is -2.35. The number of sulfone groups is 1. The molecular formula is C16H21NO5S. The number of piperidine rings is 1. The second-order valence-corrected chi connectivity index (χ2v) is 8.35. The molecule has 6 nitrogen and oxygen atoms in total. The first kappa shape index (κ1) is 17.5. The van der Waals surface area contributed by atoms with Crippen molar-refractivity contribution in [2.75, 3.05) is 19.3 Å². The predicted molar refractivity (Wildman–Crippen MR) is 85.1 cm³/mol. The van der Waals surface area contributed by atoms with Gasteiger partial charge in [-0.3, -0.25) is 9.59 Å². The van der Waals surface area contributed by atoms with Crippen LogP contribution >= 0.6 is 0 Å². The molecule has 1 fully saturated rings. The first-order chi connectivity index (χ1) is 10.6. The van der Waals surface area contributed by atoms with Crippen LogP contribution in [0, 0.1) is 18.8 Å². The van der Waals surface area contributed by atoms with Crippen molar-refractivity contribution in [3.8, 4) is 0 Å². The van der Waals surface area contributed by atoms with E-state index >= 15 is 0 Å². The molecule has 2 rings (SSSR count). The monoisotopic (exact) mass is 339 g/mol. The lowest BCUT2D eigenvalue weighted by atomic mass is 9.90. The zero-order valence-corrected chi connectivity index (χ0v) is 14.3. The molecule has 23 heavy (non-hydrogen) atoms. The zero-order chi connectivity index (χ0) is 17.4. The Balaban J connectivity index is 2.34. The fraction of sp³-hybridized carbons (Fsp3) is 0.500. The Kier molecular flexibility index (Phi) is 4.79. The van der Waals surface area contributed by atoms with Crippen molar-refractivity contribution in [1.82, 2.24) is 4.90 Å². The van der Waals surface area contributed by atoms with Crippen molar-refractivity contribution in [3.63, 3.8) is 0 Å². The third-order valence-electron chi connectivity index (χ3n) is 4.16. The van der Waals surface area contributed by atoms with Gasteiger partial charge in [0.05, 0.1) is 10.8 Å². The quantitative estimate of drug-likeness (QED) is 0.903. The number of likely N-dealkylation sites (tertiary alicyclic amines) is 1. The molecule has 126 valence electrons. The number of carbonyl (C=O) groups is 2. The van der Waals surface area contributed by atoms with Crippen molar-refractivity contribution in [3.05, 3.63) is 29.3 Å². The van der Waals surface area contributed by atoms with Crippen LogP contribution in [0.3, 0.4) is 0 Å². The van der Waals surface area contributed by atoms with Gasteiger partial charge in [-0.25, -0.2) is 8.42 Å². The molecule has 1 heterocycles. The summed E-state index contributed by atoms with van der Waals surface area (Å²) >= 11 is 0. The van der Waals surface area contributed by atoms with E-state index in [0.717, 1.165) is 6.26 Å². The van der Waals surface area contributed by atoms with Gasteiger partial charge in [-0.2, -0.15) is 0 Å². The second-order valence-electron chi connectivity index (χ2n) is 6.34. The van der Waals surface area contributed by atoms with E-state index in [2.05, 4.69) is 0 Å². The number of nitrogens with zero attached hydrogens (tertiary/aromatic N) is 1. The smallest absolute Gasteiger partial charge is 0.308 e. The van der Waals surface area contributed by atoms with Crippen LogP contribution in [-0.4, -0.2) is 49.6 Å². The molecule has 1 aliphatic heterocycles. The third-order valence-corrected chi connectivity index (χ3v) is 5.27. The lowest BCUT2D eigenvalue weighted by Crippen LogP contribution is -2.45. The van der Waals surface area contributed by atoms with E-state index in [1.807, 2.05) is 6.92 Å². The number of carbonyl (C=O) groups excluding carboxylic acids is 1. The minimum Gasteiger partial charge on any atom is -0.481 e. The maximum absolute atomic E-state index is 12.8. The van der Waals surface area contributed by atoms with Gasteiger partial charge in [0, 0.05) is 24.9 Å². The van der Waals surface area contributed by atoms with Crippen LogP contribution in [0.4, 0.5) is 0 Å². The standard InChI is InChI=1S/C16H21NO5S/c1-10-6-12(16(19)20)9-17(8-10)15(18)14-7-13(23(3,21)22)5-4-11(14)2/h4-5,7,10,12H,6,8-9H2,1-3H3,(H,19,20). The molecule has 1 aromatic carbocycles. The highest BCUT2D eigenvalue weighted by molar-refractivity contribution is 7.90. The molecule has 7 heteroatoms. The Hall–Kier alpha value is -1.89. The van der Waals surface area contributed by atoms with Crippen LogP contribution < -0.4 is 0 Å². The van der Waals surface area contributed by atoms with Gasteiger partial charge in [-0.15, -0.1) is 0 Å². The molecule has 1 aliphatic rings. The van der Waals surface area contributed by atoms with Gasteiger partial charge in [0.15, 0.2) is 9.84 Å². The Morgan fingerprint density at radius 3 is 2.48 bits per heavy atom. The Labute approximate surface area is 136 Å². The van der Waals surface area contributed by atoms with Crippen molar-refractivity contribution in [2.45, 2.75) is 25.2 Å². The highest BCUT2D eigenvalue weighted by Gasteiger charge is 2.32. The van der Waals surface area contributed by atoms with E-state index in [9.17, 15) is 23.1 Å². The first-order valence-electron chi connectivity index (χ1n) is 7.42. The molecular weight excluding hydrogens is 318 g/mol. The van der Waals surface area contributed by atoms with E-state index in [4.69, 9.17) is 0 Å². The molecule has 1 aromatic rings. The van der Waals surface area contributed by atoms with Crippen LogP contribution in [0.1, 0.15) is 29.3 Å². The Bertz CT molecular complexity index is 741. The molecule has 0 aromatic heterocycles. The molecule has 1 amide bonds. The van der Waals surface area contributed by atoms with Crippen molar-refractivity contribution < 1.29 is 23.1 Å². The van der Waals surface area contributed by atoms with Crippen molar-refractivity contribution >= 4 is 21.7 Å². The molecule has 2 atom stereocenters. The molecule has 2 unspecified atom stereocenters. The third kappa shape index (κ3) is 3.90. The van der Waals surface area contributed by atoms with E-state index < -0.39 is 21.7 Å². The minimum absolute atomic E-state index is 0.0892. The zero-order valence-electron chi connectivity index (χ0n) is 13.4. The number of hydrogen-bond acceptors (Lipinski definition) is 4. The summed E-state index contributed by atoms with van der Waals surface area (Å²) in [5.41, 5.74) is 0.985. The summed E-state index contributed by atoms with van der Waals surface area (Å²) in [7, 11) is -3.41. The first-order valence-corrected chi connectivity index (χ1v) is 9.31. The van der Waals surface area contributed by atoms with Gasteiger partial charge in [0.2, 0.25) is 0 Å². The molecule has 0 bridgehead atoms. The van der Waals surface area contributed by atoms with E-state index in [-0.39, 0.29) is 23.3 Å². The number of rotatable bonds is 3. The van der Waals surface area contributed by atoms with E-state index in [0.29, 0.717) is 24.1 Å². The van der Waals surface area contributed by atoms with Gasteiger partial charge < -0.3 is 10.0 Å². The Morgan fingerprint density at radius 1 is 1.26 bits per heavy atom. The van der Waals surface area contributed by atoms with Crippen molar-refractivity contribution in [1.29, 1.82) is 0 Å². The maximum Gasteiger partial charge on any atom is 0.308 e. The van der Waals surface area contributed by atoms with Crippen LogP contribution in [0.2, 0.25) is 0 Å². The summed E-state index contributed by atoms with van der Waals surface area (Å²) in [6, 6.07) is 4.45. The fourth-order valence-corrected chi connectivity index (χ4v) is 3.58. The summed E-state index contributed by atoms with van der Waals surface area (Å²) in [6.45, 7) is 4.28. The highest BCUT2D eigenvalue weighted by Crippen LogP contribution is 2.25. The average Bonchev–Trinajstić information content (AvgIpc) is 2.45. The van der Waals surface area contributed by atoms with Gasteiger partial charge in [0.1, 0.15) is 0 Å². The molecule has 0 radical (unpaired) electrons. The summed E-state index contributed by atoms with van der Waals surface area (Å²) in [4.78, 5) is 25.6. The van der Waals surface area contributed by atoms with Gasteiger partial charge >= 0.3 is 5.97 Å². The number of aliphatic carboxylic acids is 1. The number of amides is 1. The topological polar surface area (TPSA) is 91.8 Å². The predicted octanol–water partition coefficient (Wildman–Crippen LogP) is 1.58. The molecule has 0 spiro atoms. The number of carboxylic acid groups (broad SMARTS) is 1. The highest BCUT2D eigenvalue weighted by atomic mass is 32.2. The number of carboxylic acids is 1. The number of aryl methyl sites for hydroxylation is 1. The largest absolute Gasteiger partial charge is 0.481 e.